The van der Waals surface area contributed by atoms with Crippen LogP contribution in [0.2, 0.25) is 5.02 Å². The zero-order valence-corrected chi connectivity index (χ0v) is 11.7. The fourth-order valence-electron chi connectivity index (χ4n) is 2.07. The maximum absolute atomic E-state index is 13.3. The van der Waals surface area contributed by atoms with Crippen LogP contribution in [-0.4, -0.2) is 0 Å². The highest BCUT2D eigenvalue weighted by Gasteiger charge is 2.18. The van der Waals surface area contributed by atoms with Crippen molar-refractivity contribution in [3.8, 4) is 0 Å². The van der Waals surface area contributed by atoms with Crippen LogP contribution in [0.25, 0.3) is 0 Å². The van der Waals surface area contributed by atoms with Crippen molar-refractivity contribution in [1.82, 2.24) is 0 Å². The Kier molecular flexibility index (Phi) is 4.06. The molecule has 0 aliphatic rings. The molecule has 2 aromatic rings. The molecule has 0 heterocycles. The molecule has 20 heavy (non-hydrogen) atoms. The Balaban J connectivity index is 2.51. The third kappa shape index (κ3) is 2.67. The smallest absolute Gasteiger partial charge is 0.194 e. The lowest BCUT2D eigenvalue weighted by atomic mass is 9.94. The topological polar surface area (TPSA) is 26.0 Å². The van der Waals surface area contributed by atoms with Crippen molar-refractivity contribution in [2.75, 3.05) is 0 Å². The summed E-state index contributed by atoms with van der Waals surface area (Å²) in [6, 6.07) is 4.57. The van der Waals surface area contributed by atoms with Gasteiger partial charge >= 0.3 is 0 Å². The van der Waals surface area contributed by atoms with Crippen LogP contribution < -0.4 is 5.73 Å². The largest absolute Gasteiger partial charge is 0.320 e. The second-order valence-corrected chi connectivity index (χ2v) is 5.14. The summed E-state index contributed by atoms with van der Waals surface area (Å²) in [5, 5.41) is 0.593. The van der Waals surface area contributed by atoms with Crippen molar-refractivity contribution >= 4 is 11.6 Å². The summed E-state index contributed by atoms with van der Waals surface area (Å²) < 4.78 is 39.5. The van der Waals surface area contributed by atoms with E-state index in [1.54, 1.807) is 19.1 Å². The monoisotopic (exact) mass is 299 g/mol. The molecule has 0 spiro atoms. The Morgan fingerprint density at radius 2 is 1.50 bits per heavy atom. The van der Waals surface area contributed by atoms with Crippen LogP contribution in [-0.2, 0) is 0 Å². The van der Waals surface area contributed by atoms with Crippen LogP contribution in [0.15, 0.2) is 24.3 Å². The van der Waals surface area contributed by atoms with Crippen molar-refractivity contribution in [3.63, 3.8) is 0 Å². The number of hydrogen-bond acceptors (Lipinski definition) is 1. The highest BCUT2D eigenvalue weighted by Crippen LogP contribution is 2.29. The lowest BCUT2D eigenvalue weighted by Crippen LogP contribution is -2.15. The molecule has 2 rings (SSSR count). The molecular formula is C15H13ClF3N. The van der Waals surface area contributed by atoms with E-state index in [0.29, 0.717) is 10.6 Å². The van der Waals surface area contributed by atoms with E-state index in [1.165, 1.54) is 0 Å². The van der Waals surface area contributed by atoms with Gasteiger partial charge in [0.1, 0.15) is 0 Å². The number of benzene rings is 2. The van der Waals surface area contributed by atoms with E-state index >= 15 is 0 Å². The van der Waals surface area contributed by atoms with Gasteiger partial charge in [0.15, 0.2) is 17.5 Å². The highest BCUT2D eigenvalue weighted by atomic mass is 35.5. The Hall–Kier alpha value is -1.52. The predicted molar refractivity (Wildman–Crippen MR) is 73.3 cm³/mol. The lowest BCUT2D eigenvalue weighted by Gasteiger charge is -2.17. The normalized spacial score (nSPS) is 12.6. The molecule has 0 aromatic heterocycles. The Morgan fingerprint density at radius 1 is 0.950 bits per heavy atom. The molecular weight excluding hydrogens is 287 g/mol. The van der Waals surface area contributed by atoms with Crippen LogP contribution in [0.1, 0.15) is 28.3 Å². The number of nitrogens with two attached hydrogens (primary N) is 1. The first-order valence-corrected chi connectivity index (χ1v) is 6.35. The summed E-state index contributed by atoms with van der Waals surface area (Å²) in [7, 11) is 0. The number of halogens is 4. The van der Waals surface area contributed by atoms with Gasteiger partial charge in [-0.15, -0.1) is 0 Å². The molecule has 0 fully saturated rings. The van der Waals surface area contributed by atoms with E-state index < -0.39 is 23.5 Å². The maximum atomic E-state index is 13.3. The van der Waals surface area contributed by atoms with E-state index in [2.05, 4.69) is 0 Å². The van der Waals surface area contributed by atoms with Crippen LogP contribution in [0.4, 0.5) is 13.2 Å². The van der Waals surface area contributed by atoms with E-state index in [-0.39, 0.29) is 5.56 Å². The molecule has 0 aliphatic carbocycles. The molecule has 0 radical (unpaired) electrons. The van der Waals surface area contributed by atoms with Crippen LogP contribution in [0, 0.1) is 31.3 Å². The minimum absolute atomic E-state index is 0.172. The quantitative estimate of drug-likeness (QED) is 0.816. The number of hydrogen-bond donors (Lipinski definition) is 1. The summed E-state index contributed by atoms with van der Waals surface area (Å²) in [5.74, 6) is -4.00. The molecule has 0 saturated carbocycles. The summed E-state index contributed by atoms with van der Waals surface area (Å²) in [6.07, 6.45) is 0. The molecule has 0 aliphatic heterocycles. The van der Waals surface area contributed by atoms with Gasteiger partial charge in [-0.2, -0.15) is 0 Å². The summed E-state index contributed by atoms with van der Waals surface area (Å²) in [6.45, 7) is 3.61. The first-order chi connectivity index (χ1) is 9.31. The molecule has 0 amide bonds. The van der Waals surface area contributed by atoms with Gasteiger partial charge in [-0.3, -0.25) is 0 Å². The molecule has 2 N–H and O–H groups in total. The Morgan fingerprint density at radius 3 is 2.05 bits per heavy atom. The van der Waals surface area contributed by atoms with E-state index in [4.69, 9.17) is 17.3 Å². The second-order valence-electron chi connectivity index (χ2n) is 4.73. The van der Waals surface area contributed by atoms with Crippen molar-refractivity contribution < 1.29 is 13.2 Å². The van der Waals surface area contributed by atoms with Gasteiger partial charge in [0.05, 0.1) is 6.04 Å². The number of rotatable bonds is 2. The van der Waals surface area contributed by atoms with Crippen molar-refractivity contribution in [1.29, 1.82) is 0 Å². The molecule has 5 heteroatoms. The molecule has 0 bridgehead atoms. The fraction of sp³-hybridized carbons (Fsp3) is 0.200. The summed E-state index contributed by atoms with van der Waals surface area (Å²) in [4.78, 5) is 0. The molecule has 2 aromatic carbocycles. The highest BCUT2D eigenvalue weighted by molar-refractivity contribution is 6.31. The van der Waals surface area contributed by atoms with Gasteiger partial charge in [0, 0.05) is 5.02 Å². The molecule has 106 valence electrons. The van der Waals surface area contributed by atoms with Crippen molar-refractivity contribution in [2.45, 2.75) is 19.9 Å². The summed E-state index contributed by atoms with van der Waals surface area (Å²) in [5.41, 5.74) is 8.50. The maximum Gasteiger partial charge on any atom is 0.194 e. The fourth-order valence-corrected chi connectivity index (χ4v) is 2.29. The number of aryl methyl sites for hydroxylation is 2. The first kappa shape index (κ1) is 14.9. The van der Waals surface area contributed by atoms with E-state index in [0.717, 1.165) is 23.3 Å². The van der Waals surface area contributed by atoms with Gasteiger partial charge in [-0.05, 0) is 54.3 Å². The van der Waals surface area contributed by atoms with Gasteiger partial charge in [0.2, 0.25) is 0 Å². The molecule has 1 atom stereocenters. The van der Waals surface area contributed by atoms with Gasteiger partial charge in [-0.25, -0.2) is 13.2 Å². The third-order valence-electron chi connectivity index (χ3n) is 3.25. The third-order valence-corrected chi connectivity index (χ3v) is 3.65. The zero-order chi connectivity index (χ0) is 15.0. The van der Waals surface area contributed by atoms with Gasteiger partial charge in [-0.1, -0.05) is 17.7 Å². The Bertz CT molecular complexity index is 647. The average Bonchev–Trinajstić information content (AvgIpc) is 2.38. The predicted octanol–water partition coefficient (Wildman–Crippen LogP) is 4.42. The van der Waals surface area contributed by atoms with Crippen molar-refractivity contribution in [2.24, 2.45) is 5.73 Å². The SMILES string of the molecule is Cc1cc(C(N)c2cc(F)c(F)c(F)c2)c(C)cc1Cl. The minimum Gasteiger partial charge on any atom is -0.320 e. The second kappa shape index (κ2) is 5.46. The zero-order valence-electron chi connectivity index (χ0n) is 11.0. The average molecular weight is 300 g/mol. The van der Waals surface area contributed by atoms with Crippen molar-refractivity contribution in [3.05, 3.63) is 69.0 Å². The van der Waals surface area contributed by atoms with Crippen LogP contribution in [0.3, 0.4) is 0 Å². The Labute approximate surface area is 120 Å². The lowest BCUT2D eigenvalue weighted by molar-refractivity contribution is 0.444. The molecule has 1 unspecified atom stereocenters. The molecule has 0 saturated heterocycles. The molecule has 1 nitrogen and oxygen atoms in total. The van der Waals surface area contributed by atoms with Crippen LogP contribution >= 0.6 is 11.6 Å². The van der Waals surface area contributed by atoms with Gasteiger partial charge < -0.3 is 5.73 Å². The summed E-state index contributed by atoms with van der Waals surface area (Å²) >= 11 is 6.00. The first-order valence-electron chi connectivity index (χ1n) is 5.98. The minimum atomic E-state index is -1.50. The van der Waals surface area contributed by atoms with E-state index in [1.807, 2.05) is 6.92 Å². The standard InChI is InChI=1S/C15H13ClF3N/c1-7-4-11(16)8(2)3-10(7)15(20)9-5-12(17)14(19)13(18)6-9/h3-6,15H,20H2,1-2H3. The van der Waals surface area contributed by atoms with E-state index in [9.17, 15) is 13.2 Å². The van der Waals surface area contributed by atoms with Crippen LogP contribution in [0.5, 0.6) is 0 Å². The van der Waals surface area contributed by atoms with Gasteiger partial charge in [0.25, 0.3) is 0 Å².